The molecule has 2 aromatic carbocycles. The van der Waals surface area contributed by atoms with E-state index in [0.29, 0.717) is 16.8 Å². The maximum absolute atomic E-state index is 12.5. The fourth-order valence-electron chi connectivity index (χ4n) is 2.57. The van der Waals surface area contributed by atoms with Gasteiger partial charge in [0.2, 0.25) is 0 Å². The first-order valence-electron chi connectivity index (χ1n) is 7.96. The van der Waals surface area contributed by atoms with Gasteiger partial charge >= 0.3 is 0 Å². The van der Waals surface area contributed by atoms with Gasteiger partial charge in [-0.3, -0.25) is 9.59 Å². The number of carbonyl (C=O) groups is 2. The van der Waals surface area contributed by atoms with Crippen molar-refractivity contribution in [1.29, 1.82) is 5.26 Å². The van der Waals surface area contributed by atoms with E-state index in [1.807, 2.05) is 36.4 Å². The number of thioether (sulfide) groups is 1. The van der Waals surface area contributed by atoms with Gasteiger partial charge in [0.25, 0.3) is 0 Å². The van der Waals surface area contributed by atoms with Crippen molar-refractivity contribution in [3.63, 3.8) is 0 Å². The Bertz CT molecular complexity index is 1030. The maximum atomic E-state index is 12.5. The number of hydrogen-bond donors (Lipinski definition) is 1. The number of nitriles is 1. The number of ketones is 2. The van der Waals surface area contributed by atoms with Crippen LogP contribution in [0.5, 0.6) is 0 Å². The Balaban J connectivity index is 1.88. The summed E-state index contributed by atoms with van der Waals surface area (Å²) < 4.78 is 0. The van der Waals surface area contributed by atoms with Crippen molar-refractivity contribution in [1.82, 2.24) is 0 Å². The fraction of sp³-hybridized carbons (Fsp3) is 0.0500. The number of nitrogens with zero attached hydrogens (tertiary/aromatic N) is 3. The maximum Gasteiger partial charge on any atom is 0.199 e. The summed E-state index contributed by atoms with van der Waals surface area (Å²) in [6.07, 6.45) is 0. The highest BCUT2D eigenvalue weighted by atomic mass is 32.2. The summed E-state index contributed by atoms with van der Waals surface area (Å²) in [6.45, 7) is 1.78. The van der Waals surface area contributed by atoms with E-state index in [-0.39, 0.29) is 15.6 Å². The first-order chi connectivity index (χ1) is 13.0. The van der Waals surface area contributed by atoms with Gasteiger partial charge in [0.1, 0.15) is 11.0 Å². The lowest BCUT2D eigenvalue weighted by Gasteiger charge is -2.01. The van der Waals surface area contributed by atoms with Gasteiger partial charge in [0.15, 0.2) is 16.7 Å². The van der Waals surface area contributed by atoms with Crippen LogP contribution in [0.2, 0.25) is 0 Å². The van der Waals surface area contributed by atoms with Crippen molar-refractivity contribution < 1.29 is 9.59 Å². The molecule has 1 aliphatic rings. The SMILES string of the molecule is C/C(=N/N=C(\N)SC(C#N)=C1C(=O)c2ccccc2C1=O)c1ccccc1. The molecular weight excluding hydrogens is 360 g/mol. The van der Waals surface area contributed by atoms with Gasteiger partial charge in [-0.1, -0.05) is 54.6 Å². The van der Waals surface area contributed by atoms with Crippen molar-refractivity contribution in [2.24, 2.45) is 15.9 Å². The highest BCUT2D eigenvalue weighted by Crippen LogP contribution is 2.32. The van der Waals surface area contributed by atoms with E-state index >= 15 is 0 Å². The number of rotatable bonds is 3. The normalized spacial score (nSPS) is 14.1. The van der Waals surface area contributed by atoms with Crippen LogP contribution in [0.25, 0.3) is 0 Å². The first-order valence-corrected chi connectivity index (χ1v) is 8.78. The molecule has 0 aliphatic heterocycles. The van der Waals surface area contributed by atoms with Gasteiger partial charge < -0.3 is 5.73 Å². The molecule has 7 heteroatoms. The second kappa shape index (κ2) is 7.81. The third-order valence-corrected chi connectivity index (χ3v) is 4.69. The molecule has 0 spiro atoms. The molecule has 132 valence electrons. The van der Waals surface area contributed by atoms with Crippen molar-refractivity contribution >= 4 is 34.2 Å². The molecule has 0 atom stereocenters. The standard InChI is InChI=1S/C20H14N4O2S/c1-12(13-7-3-2-4-8-13)23-24-20(22)27-16(11-21)17-18(25)14-9-5-6-10-15(14)19(17)26/h2-10H,1H3,(H2,22,24)/b23-12-. The Hall–Kier alpha value is -3.50. The van der Waals surface area contributed by atoms with Gasteiger partial charge in [0.05, 0.1) is 11.3 Å². The molecule has 1 aliphatic carbocycles. The minimum Gasteiger partial charge on any atom is -0.377 e. The lowest BCUT2D eigenvalue weighted by Crippen LogP contribution is -2.10. The van der Waals surface area contributed by atoms with Gasteiger partial charge in [-0.25, -0.2) is 0 Å². The molecule has 0 aromatic heterocycles. The summed E-state index contributed by atoms with van der Waals surface area (Å²) in [7, 11) is 0. The zero-order valence-electron chi connectivity index (χ0n) is 14.3. The van der Waals surface area contributed by atoms with Crippen molar-refractivity contribution in [3.8, 4) is 6.07 Å². The van der Waals surface area contributed by atoms with Gasteiger partial charge in [-0.2, -0.15) is 10.4 Å². The summed E-state index contributed by atoms with van der Waals surface area (Å²) >= 11 is 0.755. The highest BCUT2D eigenvalue weighted by Gasteiger charge is 2.35. The Labute approximate surface area is 160 Å². The smallest absolute Gasteiger partial charge is 0.199 e. The van der Waals surface area contributed by atoms with Crippen molar-refractivity contribution in [2.75, 3.05) is 0 Å². The second-order valence-corrected chi connectivity index (χ2v) is 6.64. The fourth-order valence-corrected chi connectivity index (χ4v) is 3.20. The molecular formula is C20H14N4O2S. The average molecular weight is 374 g/mol. The molecule has 0 amide bonds. The van der Waals surface area contributed by atoms with Crippen LogP contribution in [0.1, 0.15) is 33.2 Å². The lowest BCUT2D eigenvalue weighted by molar-refractivity contribution is 0.0988. The summed E-state index contributed by atoms with van der Waals surface area (Å²) in [5.41, 5.74) is 7.77. The molecule has 0 fully saturated rings. The van der Waals surface area contributed by atoms with Crippen LogP contribution in [-0.2, 0) is 0 Å². The largest absolute Gasteiger partial charge is 0.377 e. The summed E-state index contributed by atoms with van der Waals surface area (Å²) in [6, 6.07) is 17.8. The summed E-state index contributed by atoms with van der Waals surface area (Å²) in [5.74, 6) is -0.951. The Kier molecular flexibility index (Phi) is 5.29. The number of nitrogens with two attached hydrogens (primary N) is 1. The molecule has 27 heavy (non-hydrogen) atoms. The lowest BCUT2D eigenvalue weighted by atomic mass is 10.1. The number of allylic oxidation sites excluding steroid dienone is 2. The van der Waals surface area contributed by atoms with Crippen LogP contribution in [0.4, 0.5) is 0 Å². The first kappa shape index (κ1) is 18.3. The molecule has 0 saturated heterocycles. The monoisotopic (exact) mass is 374 g/mol. The van der Waals surface area contributed by atoms with Crippen LogP contribution in [0, 0.1) is 11.3 Å². The molecule has 2 N–H and O–H groups in total. The summed E-state index contributed by atoms with van der Waals surface area (Å²) in [4.78, 5) is 24.9. The van der Waals surface area contributed by atoms with E-state index in [4.69, 9.17) is 5.73 Å². The average Bonchev–Trinajstić information content (AvgIpc) is 2.96. The topological polar surface area (TPSA) is 109 Å². The van der Waals surface area contributed by atoms with Crippen LogP contribution in [0.15, 0.2) is 75.3 Å². The van der Waals surface area contributed by atoms with Gasteiger partial charge in [-0.15, -0.1) is 5.10 Å². The van der Waals surface area contributed by atoms with E-state index in [2.05, 4.69) is 10.2 Å². The second-order valence-electron chi connectivity index (χ2n) is 5.61. The number of hydrogen-bond acceptors (Lipinski definition) is 6. The van der Waals surface area contributed by atoms with E-state index in [9.17, 15) is 14.9 Å². The third-order valence-electron chi connectivity index (χ3n) is 3.90. The van der Waals surface area contributed by atoms with Crippen LogP contribution in [-0.4, -0.2) is 22.4 Å². The van der Waals surface area contributed by atoms with Crippen molar-refractivity contribution in [2.45, 2.75) is 6.92 Å². The number of amidine groups is 1. The van der Waals surface area contributed by atoms with Crippen molar-refractivity contribution in [3.05, 3.63) is 81.8 Å². The number of fused-ring (bicyclic) bond motifs is 1. The van der Waals surface area contributed by atoms with Crippen LogP contribution < -0.4 is 5.73 Å². The molecule has 0 radical (unpaired) electrons. The van der Waals surface area contributed by atoms with Gasteiger partial charge in [-0.05, 0) is 24.2 Å². The van der Waals surface area contributed by atoms with Crippen LogP contribution in [0.3, 0.4) is 0 Å². The number of Topliss-reactive ketones (excluding diaryl/α,β-unsaturated/α-hetero) is 2. The van der Waals surface area contributed by atoms with E-state index in [1.54, 1.807) is 31.2 Å². The highest BCUT2D eigenvalue weighted by molar-refractivity contribution is 8.17. The van der Waals surface area contributed by atoms with Crippen LogP contribution >= 0.6 is 11.8 Å². The third kappa shape index (κ3) is 3.71. The predicted molar refractivity (Wildman–Crippen MR) is 106 cm³/mol. The molecule has 2 aromatic rings. The molecule has 0 saturated carbocycles. The molecule has 3 rings (SSSR count). The number of benzene rings is 2. The Morgan fingerprint density at radius 3 is 2.07 bits per heavy atom. The van der Waals surface area contributed by atoms with E-state index in [1.165, 1.54) is 0 Å². The van der Waals surface area contributed by atoms with Gasteiger partial charge in [0, 0.05) is 11.1 Å². The number of carbonyl (C=O) groups excluding carboxylic acids is 2. The Morgan fingerprint density at radius 2 is 1.52 bits per heavy atom. The summed E-state index contributed by atoms with van der Waals surface area (Å²) in [5, 5.41) is 17.3. The quantitative estimate of drug-likeness (QED) is 0.221. The predicted octanol–water partition coefficient (Wildman–Crippen LogP) is 3.32. The van der Waals surface area contributed by atoms with E-state index in [0.717, 1.165) is 17.3 Å². The minimum atomic E-state index is -0.476. The molecule has 0 bridgehead atoms. The zero-order chi connectivity index (χ0) is 19.4. The Morgan fingerprint density at radius 1 is 0.963 bits per heavy atom. The minimum absolute atomic E-state index is 0.0362. The zero-order valence-corrected chi connectivity index (χ0v) is 15.2. The van der Waals surface area contributed by atoms with E-state index < -0.39 is 11.6 Å². The molecule has 0 unspecified atom stereocenters. The molecule has 6 nitrogen and oxygen atoms in total. The molecule has 0 heterocycles.